The third-order valence-corrected chi connectivity index (χ3v) is 3.75. The van der Waals surface area contributed by atoms with Gasteiger partial charge in [0.1, 0.15) is 5.01 Å². The molecule has 6 heteroatoms. The standard InChI is InChI=1S/C12H20N4S.HI/c1-9-7-15-11(17-9)8-16-12(13-2)14-6-5-10-3-4-10;/h7,10H,3-6,8H2,1-2H3,(H2,13,14,16);1H. The van der Waals surface area contributed by atoms with Crippen LogP contribution in [0, 0.1) is 12.8 Å². The highest BCUT2D eigenvalue weighted by molar-refractivity contribution is 14.0. The van der Waals surface area contributed by atoms with Crippen molar-refractivity contribution in [2.75, 3.05) is 13.6 Å². The van der Waals surface area contributed by atoms with E-state index in [9.17, 15) is 0 Å². The van der Waals surface area contributed by atoms with E-state index in [1.165, 1.54) is 24.1 Å². The maximum atomic E-state index is 4.31. The Morgan fingerprint density at radius 2 is 2.28 bits per heavy atom. The number of guanidine groups is 1. The fourth-order valence-corrected chi connectivity index (χ4v) is 2.39. The molecule has 0 aliphatic heterocycles. The summed E-state index contributed by atoms with van der Waals surface area (Å²) in [4.78, 5) is 9.76. The van der Waals surface area contributed by atoms with Crippen LogP contribution in [0.4, 0.5) is 0 Å². The Labute approximate surface area is 130 Å². The van der Waals surface area contributed by atoms with Gasteiger partial charge < -0.3 is 10.6 Å². The molecule has 0 unspecified atom stereocenters. The number of halogens is 1. The first-order valence-corrected chi connectivity index (χ1v) is 6.95. The lowest BCUT2D eigenvalue weighted by molar-refractivity contribution is 0.684. The molecule has 102 valence electrons. The predicted octanol–water partition coefficient (Wildman–Crippen LogP) is 2.53. The quantitative estimate of drug-likeness (QED) is 0.469. The second-order valence-corrected chi connectivity index (χ2v) is 5.77. The van der Waals surface area contributed by atoms with Crippen molar-refractivity contribution in [3.8, 4) is 0 Å². The molecule has 2 rings (SSSR count). The van der Waals surface area contributed by atoms with Gasteiger partial charge in [-0.05, 0) is 19.3 Å². The summed E-state index contributed by atoms with van der Waals surface area (Å²) in [7, 11) is 1.81. The van der Waals surface area contributed by atoms with E-state index in [1.807, 2.05) is 6.20 Å². The Morgan fingerprint density at radius 3 is 2.83 bits per heavy atom. The zero-order chi connectivity index (χ0) is 12.1. The lowest BCUT2D eigenvalue weighted by Crippen LogP contribution is -2.37. The second-order valence-electron chi connectivity index (χ2n) is 4.45. The zero-order valence-corrected chi connectivity index (χ0v) is 14.0. The van der Waals surface area contributed by atoms with E-state index in [0.717, 1.165) is 30.0 Å². The van der Waals surface area contributed by atoms with Gasteiger partial charge in [-0.2, -0.15) is 0 Å². The molecule has 0 amide bonds. The Balaban J connectivity index is 0.00000162. The molecule has 0 atom stereocenters. The van der Waals surface area contributed by atoms with Crippen molar-refractivity contribution >= 4 is 41.3 Å². The number of thiazole rings is 1. The maximum Gasteiger partial charge on any atom is 0.191 e. The molecule has 1 fully saturated rings. The largest absolute Gasteiger partial charge is 0.356 e. The topological polar surface area (TPSA) is 49.3 Å². The highest BCUT2D eigenvalue weighted by atomic mass is 127. The minimum Gasteiger partial charge on any atom is -0.356 e. The first-order chi connectivity index (χ1) is 8.28. The van der Waals surface area contributed by atoms with Gasteiger partial charge in [0.2, 0.25) is 0 Å². The van der Waals surface area contributed by atoms with Crippen molar-refractivity contribution in [1.82, 2.24) is 15.6 Å². The van der Waals surface area contributed by atoms with Gasteiger partial charge in [0.15, 0.2) is 5.96 Å². The molecule has 0 saturated heterocycles. The Bertz CT molecular complexity index is 387. The number of nitrogens with one attached hydrogen (secondary N) is 2. The third kappa shape index (κ3) is 5.51. The summed E-state index contributed by atoms with van der Waals surface area (Å²) in [6.07, 6.45) is 5.99. The fraction of sp³-hybridized carbons (Fsp3) is 0.667. The summed E-state index contributed by atoms with van der Waals surface area (Å²) in [6, 6.07) is 0. The van der Waals surface area contributed by atoms with Crippen LogP contribution < -0.4 is 10.6 Å². The molecular formula is C12H21IN4S. The van der Waals surface area contributed by atoms with E-state index < -0.39 is 0 Å². The van der Waals surface area contributed by atoms with E-state index in [-0.39, 0.29) is 24.0 Å². The van der Waals surface area contributed by atoms with Crippen LogP contribution in [0.3, 0.4) is 0 Å². The SMILES string of the molecule is CN=C(NCCC1CC1)NCc1ncc(C)s1.I. The fourth-order valence-electron chi connectivity index (χ4n) is 1.66. The minimum atomic E-state index is 0. The van der Waals surface area contributed by atoms with E-state index in [1.54, 1.807) is 18.4 Å². The molecule has 1 aliphatic rings. The predicted molar refractivity (Wildman–Crippen MR) is 87.8 cm³/mol. The average molecular weight is 380 g/mol. The van der Waals surface area contributed by atoms with Crippen LogP contribution in [-0.4, -0.2) is 24.5 Å². The van der Waals surface area contributed by atoms with Gasteiger partial charge in [-0.1, -0.05) is 12.8 Å². The van der Waals surface area contributed by atoms with Crippen LogP contribution in [0.1, 0.15) is 29.1 Å². The third-order valence-electron chi connectivity index (χ3n) is 2.84. The van der Waals surface area contributed by atoms with Crippen LogP contribution in [-0.2, 0) is 6.54 Å². The number of hydrogen-bond acceptors (Lipinski definition) is 3. The van der Waals surface area contributed by atoms with E-state index in [0.29, 0.717) is 0 Å². The maximum absolute atomic E-state index is 4.31. The Morgan fingerprint density at radius 1 is 1.50 bits per heavy atom. The lowest BCUT2D eigenvalue weighted by Gasteiger charge is -2.10. The summed E-state index contributed by atoms with van der Waals surface area (Å²) in [6.45, 7) is 3.84. The number of hydrogen-bond donors (Lipinski definition) is 2. The molecule has 1 aromatic heterocycles. The molecule has 0 aromatic carbocycles. The van der Waals surface area contributed by atoms with E-state index in [2.05, 4.69) is 27.5 Å². The van der Waals surface area contributed by atoms with Gasteiger partial charge >= 0.3 is 0 Å². The normalized spacial score (nSPS) is 15.1. The monoisotopic (exact) mass is 380 g/mol. The highest BCUT2D eigenvalue weighted by Crippen LogP contribution is 2.31. The number of aryl methyl sites for hydroxylation is 1. The summed E-state index contributed by atoms with van der Waals surface area (Å²) in [5.41, 5.74) is 0. The van der Waals surface area contributed by atoms with Gasteiger partial charge in [0.25, 0.3) is 0 Å². The van der Waals surface area contributed by atoms with Gasteiger partial charge in [-0.15, -0.1) is 35.3 Å². The molecule has 1 aromatic rings. The van der Waals surface area contributed by atoms with Crippen LogP contribution in [0.5, 0.6) is 0 Å². The summed E-state index contributed by atoms with van der Waals surface area (Å²) in [5, 5.41) is 7.72. The molecule has 0 radical (unpaired) electrons. The molecule has 4 nitrogen and oxygen atoms in total. The van der Waals surface area contributed by atoms with Gasteiger partial charge in [0, 0.05) is 24.7 Å². The molecule has 1 heterocycles. The van der Waals surface area contributed by atoms with E-state index in [4.69, 9.17) is 0 Å². The summed E-state index contributed by atoms with van der Waals surface area (Å²) >= 11 is 1.72. The van der Waals surface area contributed by atoms with Crippen molar-refractivity contribution in [2.24, 2.45) is 10.9 Å². The van der Waals surface area contributed by atoms with Gasteiger partial charge in [-0.25, -0.2) is 4.98 Å². The highest BCUT2D eigenvalue weighted by Gasteiger charge is 2.20. The minimum absolute atomic E-state index is 0. The molecule has 1 saturated carbocycles. The van der Waals surface area contributed by atoms with Crippen molar-refractivity contribution < 1.29 is 0 Å². The molecule has 18 heavy (non-hydrogen) atoms. The number of rotatable bonds is 5. The molecule has 0 spiro atoms. The second kappa shape index (κ2) is 7.93. The van der Waals surface area contributed by atoms with Crippen LogP contribution in [0.15, 0.2) is 11.2 Å². The van der Waals surface area contributed by atoms with Crippen LogP contribution in [0.25, 0.3) is 0 Å². The number of nitrogens with zero attached hydrogens (tertiary/aromatic N) is 2. The molecule has 1 aliphatic carbocycles. The van der Waals surface area contributed by atoms with Crippen LogP contribution in [0.2, 0.25) is 0 Å². The van der Waals surface area contributed by atoms with Gasteiger partial charge in [-0.3, -0.25) is 4.99 Å². The number of aromatic nitrogens is 1. The molecule has 2 N–H and O–H groups in total. The summed E-state index contributed by atoms with van der Waals surface area (Å²) < 4.78 is 0. The van der Waals surface area contributed by atoms with Crippen LogP contribution >= 0.6 is 35.3 Å². The summed E-state index contributed by atoms with van der Waals surface area (Å²) in [5.74, 6) is 1.83. The van der Waals surface area contributed by atoms with E-state index >= 15 is 0 Å². The average Bonchev–Trinajstić information content (AvgIpc) is 3.06. The van der Waals surface area contributed by atoms with Crippen molar-refractivity contribution in [3.05, 3.63) is 16.1 Å². The number of aliphatic imine (C=N–C) groups is 1. The lowest BCUT2D eigenvalue weighted by atomic mass is 10.3. The van der Waals surface area contributed by atoms with Crippen molar-refractivity contribution in [1.29, 1.82) is 0 Å². The smallest absolute Gasteiger partial charge is 0.191 e. The molecular weight excluding hydrogens is 359 g/mol. The zero-order valence-electron chi connectivity index (χ0n) is 10.9. The van der Waals surface area contributed by atoms with Gasteiger partial charge in [0.05, 0.1) is 6.54 Å². The van der Waals surface area contributed by atoms with Crippen molar-refractivity contribution in [2.45, 2.75) is 32.7 Å². The molecule has 0 bridgehead atoms. The van der Waals surface area contributed by atoms with Crippen molar-refractivity contribution in [3.63, 3.8) is 0 Å². The first-order valence-electron chi connectivity index (χ1n) is 6.13. The first kappa shape index (κ1) is 15.7. The Hall–Kier alpha value is -0.370. The Kier molecular flexibility index (Phi) is 6.91.